The molecule has 0 saturated carbocycles. The molecule has 0 radical (unpaired) electrons. The zero-order valence-corrected chi connectivity index (χ0v) is 6.72. The fraction of sp³-hybridized carbons (Fsp3) is 0.833. The van der Waals surface area contributed by atoms with E-state index in [-0.39, 0.29) is 11.9 Å². The maximum Gasteiger partial charge on any atom is 0.235 e. The Hall–Kier alpha value is -0.610. The molecule has 4 nitrogen and oxygen atoms in total. The van der Waals surface area contributed by atoms with Crippen molar-refractivity contribution in [3.8, 4) is 0 Å². The van der Waals surface area contributed by atoms with E-state index in [1.165, 1.54) is 0 Å². The average molecular weight is 145 g/mol. The number of hydrazine groups is 1. The first-order chi connectivity index (χ1) is 4.57. The Bertz CT molecular complexity index is 114. The summed E-state index contributed by atoms with van der Waals surface area (Å²) in [5.74, 6) is 4.78. The molecular weight excluding hydrogens is 130 g/mol. The summed E-state index contributed by atoms with van der Waals surface area (Å²) in [6.45, 7) is 1.97. The van der Waals surface area contributed by atoms with Crippen molar-refractivity contribution in [2.24, 2.45) is 5.84 Å². The molecule has 0 spiro atoms. The first kappa shape index (κ1) is 9.39. The number of carbonyl (C=O) groups excluding carboxylic acids is 1. The van der Waals surface area contributed by atoms with E-state index in [2.05, 4.69) is 5.43 Å². The number of hydrogen-bond acceptors (Lipinski definition) is 3. The summed E-state index contributed by atoms with van der Waals surface area (Å²) < 4.78 is 0. The van der Waals surface area contributed by atoms with E-state index in [1.807, 2.05) is 25.9 Å². The maximum absolute atomic E-state index is 10.7. The molecule has 0 saturated heterocycles. The predicted molar refractivity (Wildman–Crippen MR) is 40.1 cm³/mol. The number of rotatable bonds is 3. The summed E-state index contributed by atoms with van der Waals surface area (Å²) in [5, 5.41) is 0. The van der Waals surface area contributed by atoms with Gasteiger partial charge in [0.1, 0.15) is 0 Å². The van der Waals surface area contributed by atoms with Gasteiger partial charge in [0, 0.05) is 12.5 Å². The summed E-state index contributed by atoms with van der Waals surface area (Å²) in [4.78, 5) is 12.6. The third-order valence-electron chi connectivity index (χ3n) is 1.52. The van der Waals surface area contributed by atoms with E-state index in [4.69, 9.17) is 5.84 Å². The molecule has 0 aromatic heterocycles. The summed E-state index contributed by atoms with van der Waals surface area (Å²) in [7, 11) is 3.85. The van der Waals surface area contributed by atoms with Crippen molar-refractivity contribution >= 4 is 5.91 Å². The molecule has 1 amide bonds. The van der Waals surface area contributed by atoms with Gasteiger partial charge in [-0.25, -0.2) is 5.84 Å². The predicted octanol–water partition coefficient (Wildman–Crippen LogP) is -0.683. The zero-order valence-electron chi connectivity index (χ0n) is 6.72. The Labute approximate surface area is 61.3 Å². The molecule has 0 bridgehead atoms. The molecule has 1 atom stereocenters. The van der Waals surface area contributed by atoms with Crippen LogP contribution in [0, 0.1) is 0 Å². The SMILES string of the molecule is CC(CC(=O)NN)N(C)C. The van der Waals surface area contributed by atoms with E-state index in [1.54, 1.807) is 0 Å². The van der Waals surface area contributed by atoms with Gasteiger partial charge in [0.2, 0.25) is 5.91 Å². The Morgan fingerprint density at radius 1 is 1.70 bits per heavy atom. The smallest absolute Gasteiger partial charge is 0.235 e. The first-order valence-corrected chi connectivity index (χ1v) is 3.23. The summed E-state index contributed by atoms with van der Waals surface area (Å²) in [5.41, 5.74) is 2.09. The van der Waals surface area contributed by atoms with Crippen molar-refractivity contribution in [2.45, 2.75) is 19.4 Å². The largest absolute Gasteiger partial charge is 0.306 e. The number of nitrogens with zero attached hydrogens (tertiary/aromatic N) is 1. The van der Waals surface area contributed by atoms with Gasteiger partial charge in [0.15, 0.2) is 0 Å². The minimum Gasteiger partial charge on any atom is -0.306 e. The number of nitrogens with two attached hydrogens (primary N) is 1. The third-order valence-corrected chi connectivity index (χ3v) is 1.52. The van der Waals surface area contributed by atoms with Crippen LogP contribution in [0.5, 0.6) is 0 Å². The molecule has 60 valence electrons. The Morgan fingerprint density at radius 2 is 2.20 bits per heavy atom. The minimum atomic E-state index is -0.124. The number of amides is 1. The van der Waals surface area contributed by atoms with Crippen LogP contribution in [0.25, 0.3) is 0 Å². The van der Waals surface area contributed by atoms with Crippen LogP contribution in [0.3, 0.4) is 0 Å². The van der Waals surface area contributed by atoms with Gasteiger partial charge in [-0.3, -0.25) is 10.2 Å². The highest BCUT2D eigenvalue weighted by Gasteiger charge is 2.08. The van der Waals surface area contributed by atoms with Crippen LogP contribution in [0.15, 0.2) is 0 Å². The quantitative estimate of drug-likeness (QED) is 0.314. The van der Waals surface area contributed by atoms with Crippen molar-refractivity contribution in [3.05, 3.63) is 0 Å². The Balaban J connectivity index is 3.57. The van der Waals surface area contributed by atoms with Crippen molar-refractivity contribution in [1.82, 2.24) is 10.3 Å². The molecule has 4 heteroatoms. The fourth-order valence-corrected chi connectivity index (χ4v) is 0.510. The number of nitrogens with one attached hydrogen (secondary N) is 1. The molecule has 0 rings (SSSR count). The van der Waals surface area contributed by atoms with Gasteiger partial charge < -0.3 is 4.90 Å². The molecule has 0 fully saturated rings. The second-order valence-corrected chi connectivity index (χ2v) is 2.58. The van der Waals surface area contributed by atoms with E-state index >= 15 is 0 Å². The van der Waals surface area contributed by atoms with Gasteiger partial charge >= 0.3 is 0 Å². The molecule has 0 aliphatic rings. The monoisotopic (exact) mass is 145 g/mol. The summed E-state index contributed by atoms with van der Waals surface area (Å²) >= 11 is 0. The Morgan fingerprint density at radius 3 is 2.50 bits per heavy atom. The van der Waals surface area contributed by atoms with Crippen molar-refractivity contribution in [3.63, 3.8) is 0 Å². The molecule has 0 aromatic carbocycles. The van der Waals surface area contributed by atoms with E-state index < -0.39 is 0 Å². The van der Waals surface area contributed by atoms with Crippen molar-refractivity contribution in [2.75, 3.05) is 14.1 Å². The standard InChI is InChI=1S/C6H15N3O/c1-5(9(2)3)4-6(10)8-7/h5H,4,7H2,1-3H3,(H,8,10). The highest BCUT2D eigenvalue weighted by atomic mass is 16.2. The molecular formula is C6H15N3O. The molecule has 0 aromatic rings. The second kappa shape index (κ2) is 4.24. The van der Waals surface area contributed by atoms with Gasteiger partial charge in [0.25, 0.3) is 0 Å². The van der Waals surface area contributed by atoms with Crippen LogP contribution >= 0.6 is 0 Å². The lowest BCUT2D eigenvalue weighted by molar-refractivity contribution is -0.122. The lowest BCUT2D eigenvalue weighted by Crippen LogP contribution is -2.36. The van der Waals surface area contributed by atoms with Crippen LogP contribution in [0.2, 0.25) is 0 Å². The van der Waals surface area contributed by atoms with Gasteiger partial charge in [-0.2, -0.15) is 0 Å². The lowest BCUT2D eigenvalue weighted by Gasteiger charge is -2.17. The van der Waals surface area contributed by atoms with Crippen LogP contribution in [0.4, 0.5) is 0 Å². The van der Waals surface area contributed by atoms with Gasteiger partial charge in [-0.1, -0.05) is 0 Å². The van der Waals surface area contributed by atoms with Crippen LogP contribution in [-0.4, -0.2) is 30.9 Å². The van der Waals surface area contributed by atoms with E-state index in [0.29, 0.717) is 6.42 Å². The second-order valence-electron chi connectivity index (χ2n) is 2.58. The first-order valence-electron chi connectivity index (χ1n) is 3.23. The van der Waals surface area contributed by atoms with E-state index in [9.17, 15) is 4.79 Å². The van der Waals surface area contributed by atoms with Crippen LogP contribution < -0.4 is 11.3 Å². The highest BCUT2D eigenvalue weighted by molar-refractivity contribution is 5.75. The van der Waals surface area contributed by atoms with Gasteiger partial charge in [-0.05, 0) is 21.0 Å². The fourth-order valence-electron chi connectivity index (χ4n) is 0.510. The molecule has 10 heavy (non-hydrogen) atoms. The molecule has 3 N–H and O–H groups in total. The average Bonchev–Trinajstić information content (AvgIpc) is 1.87. The zero-order chi connectivity index (χ0) is 8.15. The highest BCUT2D eigenvalue weighted by Crippen LogP contribution is 1.96. The topological polar surface area (TPSA) is 58.4 Å². The molecule has 1 unspecified atom stereocenters. The summed E-state index contributed by atoms with van der Waals surface area (Å²) in [6.07, 6.45) is 0.448. The van der Waals surface area contributed by atoms with Crippen molar-refractivity contribution < 1.29 is 4.79 Å². The summed E-state index contributed by atoms with van der Waals surface area (Å²) in [6, 6.07) is 0.239. The third kappa shape index (κ3) is 3.42. The molecule has 0 aliphatic heterocycles. The minimum absolute atomic E-state index is 0.124. The number of carbonyl (C=O) groups is 1. The molecule has 0 heterocycles. The van der Waals surface area contributed by atoms with Crippen LogP contribution in [-0.2, 0) is 4.79 Å². The maximum atomic E-state index is 10.7. The van der Waals surface area contributed by atoms with E-state index in [0.717, 1.165) is 0 Å². The number of hydrogen-bond donors (Lipinski definition) is 2. The lowest BCUT2D eigenvalue weighted by atomic mass is 10.2. The Kier molecular flexibility index (Phi) is 3.99. The van der Waals surface area contributed by atoms with Crippen LogP contribution in [0.1, 0.15) is 13.3 Å². The van der Waals surface area contributed by atoms with Gasteiger partial charge in [0.05, 0.1) is 0 Å². The molecule has 0 aliphatic carbocycles. The normalized spacial score (nSPS) is 13.3. The van der Waals surface area contributed by atoms with Crippen molar-refractivity contribution in [1.29, 1.82) is 0 Å². The van der Waals surface area contributed by atoms with Gasteiger partial charge in [-0.15, -0.1) is 0 Å².